The quantitative estimate of drug-likeness (QED) is 0.813. The van der Waals surface area contributed by atoms with Gasteiger partial charge in [0, 0.05) is 18.0 Å². The van der Waals surface area contributed by atoms with Gasteiger partial charge in [0.25, 0.3) is 10.0 Å². The number of hydrogen-bond donors (Lipinski definition) is 2. The lowest BCUT2D eigenvalue weighted by molar-refractivity contribution is 0.600. The van der Waals surface area contributed by atoms with Crippen molar-refractivity contribution in [1.82, 2.24) is 9.97 Å². The SMILES string of the molecule is NC(=S)c1ccccc1S(=O)(=O)Nc1ncccn1. The third kappa shape index (κ3) is 3.04. The largest absolute Gasteiger partial charge is 0.389 e. The molecule has 0 aliphatic rings. The summed E-state index contributed by atoms with van der Waals surface area (Å²) in [4.78, 5) is 7.60. The van der Waals surface area contributed by atoms with Gasteiger partial charge >= 0.3 is 0 Å². The molecular formula is C11H10N4O2S2. The molecule has 3 N–H and O–H groups in total. The van der Waals surface area contributed by atoms with Crippen LogP contribution in [0.15, 0.2) is 47.6 Å². The van der Waals surface area contributed by atoms with Crippen molar-refractivity contribution < 1.29 is 8.42 Å². The van der Waals surface area contributed by atoms with E-state index >= 15 is 0 Å². The fourth-order valence-corrected chi connectivity index (χ4v) is 2.86. The summed E-state index contributed by atoms with van der Waals surface area (Å²) in [5.41, 5.74) is 5.79. The molecule has 0 aliphatic carbocycles. The van der Waals surface area contributed by atoms with Crippen LogP contribution in [-0.2, 0) is 10.0 Å². The number of hydrogen-bond acceptors (Lipinski definition) is 5. The van der Waals surface area contributed by atoms with Crippen molar-refractivity contribution in [1.29, 1.82) is 0 Å². The number of nitrogens with two attached hydrogens (primary N) is 1. The third-order valence-corrected chi connectivity index (χ3v) is 3.84. The first kappa shape index (κ1) is 13.4. The zero-order valence-electron chi connectivity index (χ0n) is 9.65. The van der Waals surface area contributed by atoms with Crippen LogP contribution < -0.4 is 10.5 Å². The van der Waals surface area contributed by atoms with Crippen molar-refractivity contribution in [2.24, 2.45) is 5.73 Å². The van der Waals surface area contributed by atoms with Crippen LogP contribution in [0.5, 0.6) is 0 Å². The monoisotopic (exact) mass is 294 g/mol. The van der Waals surface area contributed by atoms with Crippen LogP contribution in [-0.4, -0.2) is 23.4 Å². The van der Waals surface area contributed by atoms with Crippen LogP contribution in [0.3, 0.4) is 0 Å². The Labute approximate surface area is 115 Å². The van der Waals surface area contributed by atoms with E-state index in [4.69, 9.17) is 18.0 Å². The predicted octanol–water partition coefficient (Wildman–Crippen LogP) is 0.912. The molecule has 2 aromatic rings. The lowest BCUT2D eigenvalue weighted by atomic mass is 10.2. The molecule has 0 unspecified atom stereocenters. The van der Waals surface area contributed by atoms with E-state index in [2.05, 4.69) is 14.7 Å². The Hall–Kier alpha value is -2.06. The van der Waals surface area contributed by atoms with E-state index in [0.29, 0.717) is 0 Å². The maximum atomic E-state index is 12.2. The second kappa shape index (κ2) is 5.29. The number of nitrogens with one attached hydrogen (secondary N) is 1. The average Bonchev–Trinajstić information content (AvgIpc) is 2.39. The highest BCUT2D eigenvalue weighted by Gasteiger charge is 2.20. The Bertz CT molecular complexity index is 702. The summed E-state index contributed by atoms with van der Waals surface area (Å²) in [5.74, 6) is -0.0137. The molecule has 19 heavy (non-hydrogen) atoms. The first-order valence-corrected chi connectivity index (χ1v) is 7.08. The molecule has 0 radical (unpaired) electrons. The lowest BCUT2D eigenvalue weighted by Gasteiger charge is -2.09. The standard InChI is InChI=1S/C11H10N4O2S2/c12-10(18)8-4-1-2-5-9(8)19(16,17)15-11-13-6-3-7-14-11/h1-7H,(H2,12,18)(H,13,14,15). The van der Waals surface area contributed by atoms with E-state index in [1.807, 2.05) is 0 Å². The summed E-state index contributed by atoms with van der Waals surface area (Å²) >= 11 is 4.84. The number of thiocarbonyl (C=S) groups is 1. The summed E-state index contributed by atoms with van der Waals surface area (Å²) in [6, 6.07) is 7.79. The molecular weight excluding hydrogens is 284 g/mol. The molecule has 0 spiro atoms. The molecule has 0 amide bonds. The van der Waals surface area contributed by atoms with Gasteiger partial charge in [-0.1, -0.05) is 30.4 Å². The molecule has 0 saturated carbocycles. The van der Waals surface area contributed by atoms with Crippen molar-refractivity contribution in [2.75, 3.05) is 4.72 Å². The van der Waals surface area contributed by atoms with Gasteiger partial charge in [-0.15, -0.1) is 0 Å². The van der Waals surface area contributed by atoms with Gasteiger partial charge in [-0.3, -0.25) is 0 Å². The van der Waals surface area contributed by atoms with E-state index in [-0.39, 0.29) is 21.4 Å². The van der Waals surface area contributed by atoms with Gasteiger partial charge in [0.2, 0.25) is 5.95 Å². The van der Waals surface area contributed by atoms with Crippen molar-refractivity contribution in [2.45, 2.75) is 4.90 Å². The minimum atomic E-state index is -3.83. The number of nitrogens with zero attached hydrogens (tertiary/aromatic N) is 2. The van der Waals surface area contributed by atoms with E-state index in [1.54, 1.807) is 24.3 Å². The molecule has 0 atom stereocenters. The van der Waals surface area contributed by atoms with Gasteiger partial charge in [-0.05, 0) is 12.1 Å². The number of aromatic nitrogens is 2. The lowest BCUT2D eigenvalue weighted by Crippen LogP contribution is -2.20. The fourth-order valence-electron chi connectivity index (χ4n) is 1.43. The first-order chi connectivity index (χ1) is 9.00. The van der Waals surface area contributed by atoms with Gasteiger partial charge < -0.3 is 5.73 Å². The third-order valence-electron chi connectivity index (χ3n) is 2.23. The average molecular weight is 294 g/mol. The number of benzene rings is 1. The van der Waals surface area contributed by atoms with E-state index < -0.39 is 10.0 Å². The molecule has 0 fully saturated rings. The van der Waals surface area contributed by atoms with Crippen LogP contribution >= 0.6 is 12.2 Å². The van der Waals surface area contributed by atoms with Crippen molar-refractivity contribution >= 4 is 33.2 Å². The number of sulfonamides is 1. The minimum absolute atomic E-state index is 0.00467. The minimum Gasteiger partial charge on any atom is -0.389 e. The van der Waals surface area contributed by atoms with Gasteiger partial charge in [-0.2, -0.15) is 0 Å². The molecule has 0 bridgehead atoms. The van der Waals surface area contributed by atoms with Crippen molar-refractivity contribution in [3.8, 4) is 0 Å². The number of rotatable bonds is 4. The summed E-state index contributed by atoms with van der Waals surface area (Å²) in [7, 11) is -3.83. The summed E-state index contributed by atoms with van der Waals surface area (Å²) < 4.78 is 26.7. The van der Waals surface area contributed by atoms with Crippen LogP contribution in [0.1, 0.15) is 5.56 Å². The Balaban J connectivity index is 2.43. The summed E-state index contributed by atoms with van der Waals surface area (Å²) in [5, 5.41) is 0. The van der Waals surface area contributed by atoms with Crippen LogP contribution in [0.25, 0.3) is 0 Å². The summed E-state index contributed by atoms with van der Waals surface area (Å²) in [6.45, 7) is 0. The van der Waals surface area contributed by atoms with Crippen LogP contribution in [0, 0.1) is 0 Å². The number of anilines is 1. The van der Waals surface area contributed by atoms with E-state index in [0.717, 1.165) is 0 Å². The molecule has 8 heteroatoms. The van der Waals surface area contributed by atoms with Gasteiger partial charge in [0.05, 0.1) is 4.90 Å². The molecule has 98 valence electrons. The highest BCUT2D eigenvalue weighted by Crippen LogP contribution is 2.17. The zero-order chi connectivity index (χ0) is 13.9. The topological polar surface area (TPSA) is 98.0 Å². The predicted molar refractivity (Wildman–Crippen MR) is 75.2 cm³/mol. The zero-order valence-corrected chi connectivity index (χ0v) is 11.3. The molecule has 6 nitrogen and oxygen atoms in total. The van der Waals surface area contributed by atoms with Crippen LogP contribution in [0.4, 0.5) is 5.95 Å². The van der Waals surface area contributed by atoms with Crippen molar-refractivity contribution in [3.63, 3.8) is 0 Å². The molecule has 1 aromatic carbocycles. The Morgan fingerprint density at radius 2 is 1.79 bits per heavy atom. The van der Waals surface area contributed by atoms with E-state index in [1.165, 1.54) is 18.5 Å². The summed E-state index contributed by atoms with van der Waals surface area (Å²) in [6.07, 6.45) is 2.87. The maximum Gasteiger partial charge on any atom is 0.264 e. The van der Waals surface area contributed by atoms with Crippen LogP contribution in [0.2, 0.25) is 0 Å². The normalized spacial score (nSPS) is 10.9. The maximum absolute atomic E-state index is 12.2. The fraction of sp³-hybridized carbons (Fsp3) is 0. The van der Waals surface area contributed by atoms with Gasteiger partial charge in [0.15, 0.2) is 0 Å². The second-order valence-corrected chi connectivity index (χ2v) is 5.63. The highest BCUT2D eigenvalue weighted by molar-refractivity contribution is 7.93. The Morgan fingerprint density at radius 1 is 1.16 bits per heavy atom. The highest BCUT2D eigenvalue weighted by atomic mass is 32.2. The molecule has 0 aliphatic heterocycles. The molecule has 1 aromatic heterocycles. The van der Waals surface area contributed by atoms with E-state index in [9.17, 15) is 8.42 Å². The van der Waals surface area contributed by atoms with Gasteiger partial charge in [0.1, 0.15) is 4.99 Å². The first-order valence-electron chi connectivity index (χ1n) is 5.19. The molecule has 1 heterocycles. The Morgan fingerprint density at radius 3 is 2.42 bits per heavy atom. The molecule has 0 saturated heterocycles. The van der Waals surface area contributed by atoms with Gasteiger partial charge in [-0.25, -0.2) is 23.1 Å². The molecule has 2 rings (SSSR count). The smallest absolute Gasteiger partial charge is 0.264 e. The second-order valence-electron chi connectivity index (χ2n) is 3.54. The van der Waals surface area contributed by atoms with Crippen molar-refractivity contribution in [3.05, 3.63) is 48.3 Å². The Kier molecular flexibility index (Phi) is 3.72.